The Bertz CT molecular complexity index is 599. The minimum Gasteiger partial charge on any atom is -0.329 e. The monoisotopic (exact) mass is 313 g/mol. The Morgan fingerprint density at radius 2 is 2.05 bits per heavy atom. The van der Waals surface area contributed by atoms with Crippen LogP contribution in [0.2, 0.25) is 0 Å². The first-order chi connectivity index (χ1) is 9.80. The number of anilines is 1. The number of aryl methyl sites for hydroxylation is 1. The number of hydrogen-bond donors (Lipinski definition) is 3. The van der Waals surface area contributed by atoms with Crippen molar-refractivity contribution in [3.05, 3.63) is 23.8 Å². The maximum atomic E-state index is 12.5. The van der Waals surface area contributed by atoms with Crippen molar-refractivity contribution in [2.75, 3.05) is 11.9 Å². The van der Waals surface area contributed by atoms with Crippen LogP contribution in [0.25, 0.3) is 0 Å². The van der Waals surface area contributed by atoms with E-state index < -0.39 is 10.0 Å². The fourth-order valence-electron chi connectivity index (χ4n) is 2.03. The number of carbonyl (C=O) groups is 1. The maximum absolute atomic E-state index is 12.5. The molecule has 0 heterocycles. The highest BCUT2D eigenvalue weighted by Gasteiger charge is 2.21. The third-order valence-electron chi connectivity index (χ3n) is 3.04. The molecule has 1 amide bonds. The number of hydrogen-bond acceptors (Lipinski definition) is 4. The molecule has 0 radical (unpaired) electrons. The van der Waals surface area contributed by atoms with Crippen LogP contribution in [0, 0.1) is 6.92 Å². The summed E-state index contributed by atoms with van der Waals surface area (Å²) in [5, 5.41) is 2.58. The molecule has 21 heavy (non-hydrogen) atoms. The second-order valence-electron chi connectivity index (χ2n) is 5.00. The van der Waals surface area contributed by atoms with Crippen molar-refractivity contribution in [2.24, 2.45) is 5.73 Å². The van der Waals surface area contributed by atoms with Gasteiger partial charge in [0.2, 0.25) is 15.9 Å². The third kappa shape index (κ3) is 5.11. The first kappa shape index (κ1) is 17.6. The lowest BCUT2D eigenvalue weighted by Gasteiger charge is -2.17. The first-order valence-corrected chi connectivity index (χ1v) is 8.39. The topological polar surface area (TPSA) is 101 Å². The van der Waals surface area contributed by atoms with E-state index in [1.165, 1.54) is 13.0 Å². The van der Waals surface area contributed by atoms with Gasteiger partial charge in [-0.1, -0.05) is 19.4 Å². The Morgan fingerprint density at radius 1 is 1.38 bits per heavy atom. The largest absolute Gasteiger partial charge is 0.329 e. The van der Waals surface area contributed by atoms with Crippen molar-refractivity contribution in [3.63, 3.8) is 0 Å². The molecule has 0 aliphatic carbocycles. The van der Waals surface area contributed by atoms with Gasteiger partial charge in [0.15, 0.2) is 0 Å². The number of nitrogens with one attached hydrogen (secondary N) is 2. The third-order valence-corrected chi connectivity index (χ3v) is 4.70. The van der Waals surface area contributed by atoms with Gasteiger partial charge < -0.3 is 11.1 Å². The molecule has 6 nitrogen and oxygen atoms in total. The molecule has 0 aliphatic heterocycles. The summed E-state index contributed by atoms with van der Waals surface area (Å²) in [5.74, 6) is -0.249. The van der Waals surface area contributed by atoms with Crippen LogP contribution in [-0.4, -0.2) is 26.9 Å². The van der Waals surface area contributed by atoms with E-state index in [2.05, 4.69) is 10.0 Å². The van der Waals surface area contributed by atoms with Crippen LogP contribution in [0.5, 0.6) is 0 Å². The van der Waals surface area contributed by atoms with Gasteiger partial charge in [-0.2, -0.15) is 0 Å². The average Bonchev–Trinajstić information content (AvgIpc) is 2.39. The van der Waals surface area contributed by atoms with Crippen LogP contribution in [0.4, 0.5) is 5.69 Å². The van der Waals surface area contributed by atoms with Crippen molar-refractivity contribution < 1.29 is 13.2 Å². The molecule has 1 atom stereocenters. The smallest absolute Gasteiger partial charge is 0.241 e. The number of amides is 1. The molecule has 1 unspecified atom stereocenters. The zero-order valence-corrected chi connectivity index (χ0v) is 13.5. The zero-order valence-electron chi connectivity index (χ0n) is 12.6. The average molecular weight is 313 g/mol. The van der Waals surface area contributed by atoms with Crippen molar-refractivity contribution in [2.45, 2.75) is 44.6 Å². The van der Waals surface area contributed by atoms with E-state index >= 15 is 0 Å². The summed E-state index contributed by atoms with van der Waals surface area (Å²) in [4.78, 5) is 11.2. The molecule has 1 rings (SSSR count). The zero-order chi connectivity index (χ0) is 16.0. The Labute approximate surface area is 126 Å². The quantitative estimate of drug-likeness (QED) is 0.707. The predicted octanol–water partition coefficient (Wildman–Crippen LogP) is 1.36. The van der Waals surface area contributed by atoms with Gasteiger partial charge in [0.1, 0.15) is 0 Å². The van der Waals surface area contributed by atoms with Gasteiger partial charge >= 0.3 is 0 Å². The van der Waals surface area contributed by atoms with E-state index in [0.29, 0.717) is 17.7 Å². The highest BCUT2D eigenvalue weighted by molar-refractivity contribution is 7.89. The van der Waals surface area contributed by atoms with Crippen LogP contribution in [-0.2, 0) is 14.8 Å². The molecule has 0 fully saturated rings. The minimum atomic E-state index is -3.66. The summed E-state index contributed by atoms with van der Waals surface area (Å²) in [6.45, 7) is 5.30. The first-order valence-electron chi connectivity index (χ1n) is 6.90. The Kier molecular flexibility index (Phi) is 6.32. The lowest BCUT2D eigenvalue weighted by molar-refractivity contribution is -0.114. The maximum Gasteiger partial charge on any atom is 0.241 e. The van der Waals surface area contributed by atoms with Gasteiger partial charge in [-0.25, -0.2) is 13.1 Å². The molecule has 0 bridgehead atoms. The van der Waals surface area contributed by atoms with Crippen molar-refractivity contribution in [1.29, 1.82) is 0 Å². The van der Waals surface area contributed by atoms with E-state index in [1.807, 2.05) is 6.92 Å². The summed E-state index contributed by atoms with van der Waals surface area (Å²) in [6.07, 6.45) is 1.52. The van der Waals surface area contributed by atoms with E-state index in [-0.39, 0.29) is 23.4 Å². The number of sulfonamides is 1. The summed E-state index contributed by atoms with van der Waals surface area (Å²) in [7, 11) is -3.66. The van der Waals surface area contributed by atoms with Gasteiger partial charge in [0, 0.05) is 25.2 Å². The SMILES string of the molecule is CCCC(CN)NS(=O)(=O)c1cc(NC(C)=O)ccc1C. The summed E-state index contributed by atoms with van der Waals surface area (Å²) in [6, 6.07) is 4.50. The molecule has 1 aromatic rings. The van der Waals surface area contributed by atoms with Crippen molar-refractivity contribution in [3.8, 4) is 0 Å². The Balaban J connectivity index is 3.09. The van der Waals surface area contributed by atoms with Gasteiger partial charge in [0.05, 0.1) is 4.90 Å². The van der Waals surface area contributed by atoms with Gasteiger partial charge in [-0.15, -0.1) is 0 Å². The normalized spacial score (nSPS) is 13.0. The number of nitrogens with two attached hydrogens (primary N) is 1. The summed E-state index contributed by atoms with van der Waals surface area (Å²) < 4.78 is 27.5. The molecule has 4 N–H and O–H groups in total. The Morgan fingerprint density at radius 3 is 2.57 bits per heavy atom. The molecular formula is C14H23N3O3S. The van der Waals surface area contributed by atoms with Crippen LogP contribution in [0.3, 0.4) is 0 Å². The number of benzene rings is 1. The molecule has 7 heteroatoms. The Hall–Kier alpha value is -1.44. The molecule has 1 aromatic carbocycles. The van der Waals surface area contributed by atoms with Gasteiger partial charge in [0.25, 0.3) is 0 Å². The van der Waals surface area contributed by atoms with Crippen LogP contribution >= 0.6 is 0 Å². The van der Waals surface area contributed by atoms with E-state index in [0.717, 1.165) is 6.42 Å². The molecule has 0 aliphatic rings. The fraction of sp³-hybridized carbons (Fsp3) is 0.500. The summed E-state index contributed by atoms with van der Waals surface area (Å²) >= 11 is 0. The second kappa shape index (κ2) is 7.53. The van der Waals surface area contributed by atoms with Crippen LogP contribution in [0.1, 0.15) is 32.3 Å². The molecule has 118 valence electrons. The predicted molar refractivity (Wildman–Crippen MR) is 83.6 cm³/mol. The van der Waals surface area contributed by atoms with Crippen molar-refractivity contribution >= 4 is 21.6 Å². The van der Waals surface area contributed by atoms with E-state index in [1.54, 1.807) is 19.1 Å². The molecule has 0 spiro atoms. The highest BCUT2D eigenvalue weighted by Crippen LogP contribution is 2.20. The van der Waals surface area contributed by atoms with E-state index in [9.17, 15) is 13.2 Å². The van der Waals surface area contributed by atoms with Crippen LogP contribution in [0.15, 0.2) is 23.1 Å². The fourth-order valence-corrected chi connectivity index (χ4v) is 3.58. The highest BCUT2D eigenvalue weighted by atomic mass is 32.2. The van der Waals surface area contributed by atoms with Crippen molar-refractivity contribution in [1.82, 2.24) is 4.72 Å². The van der Waals surface area contributed by atoms with Gasteiger partial charge in [-0.3, -0.25) is 4.79 Å². The molecular weight excluding hydrogens is 290 g/mol. The number of carbonyl (C=O) groups excluding carboxylic acids is 1. The van der Waals surface area contributed by atoms with Crippen LogP contribution < -0.4 is 15.8 Å². The molecule has 0 aromatic heterocycles. The number of rotatable bonds is 7. The van der Waals surface area contributed by atoms with Gasteiger partial charge in [-0.05, 0) is 31.0 Å². The molecule has 0 saturated heterocycles. The second-order valence-corrected chi connectivity index (χ2v) is 6.69. The lowest BCUT2D eigenvalue weighted by Crippen LogP contribution is -2.40. The summed E-state index contributed by atoms with van der Waals surface area (Å²) in [5.41, 5.74) is 6.66. The lowest BCUT2D eigenvalue weighted by atomic mass is 10.2. The standard InChI is InChI=1S/C14H23N3O3S/c1-4-5-13(9-15)17-21(19,20)14-8-12(16-11(3)18)7-6-10(14)2/h6-8,13,17H,4-5,9,15H2,1-3H3,(H,16,18). The van der Waals surface area contributed by atoms with E-state index in [4.69, 9.17) is 5.73 Å². The minimum absolute atomic E-state index is 0.156. The molecule has 0 saturated carbocycles.